The van der Waals surface area contributed by atoms with E-state index in [0.29, 0.717) is 23.5 Å². The fourth-order valence-electron chi connectivity index (χ4n) is 3.89. The van der Waals surface area contributed by atoms with Crippen molar-refractivity contribution in [3.05, 3.63) is 65.5 Å². The van der Waals surface area contributed by atoms with Crippen LogP contribution in [-0.4, -0.2) is 39.5 Å². The molecule has 0 aliphatic carbocycles. The van der Waals surface area contributed by atoms with Gasteiger partial charge in [-0.3, -0.25) is 0 Å². The van der Waals surface area contributed by atoms with E-state index in [1.165, 1.54) is 12.1 Å². The van der Waals surface area contributed by atoms with Crippen LogP contribution in [0.2, 0.25) is 0 Å². The fraction of sp³-hybridized carbons (Fsp3) is 0.227. The van der Waals surface area contributed by atoms with E-state index in [2.05, 4.69) is 15.1 Å². The van der Waals surface area contributed by atoms with Gasteiger partial charge in [-0.2, -0.15) is 0 Å². The van der Waals surface area contributed by atoms with Crippen molar-refractivity contribution in [2.45, 2.75) is 18.8 Å². The fourth-order valence-corrected chi connectivity index (χ4v) is 3.89. The normalized spacial score (nSPS) is 16.4. The summed E-state index contributed by atoms with van der Waals surface area (Å²) in [5.41, 5.74) is 8.29. The number of halogens is 1. The molecule has 3 aromatic rings. The Morgan fingerprint density at radius 2 is 1.97 bits per heavy atom. The van der Waals surface area contributed by atoms with Gasteiger partial charge in [-0.1, -0.05) is 18.2 Å². The number of carboxylic acids is 1. The third-order valence-electron chi connectivity index (χ3n) is 5.44. The van der Waals surface area contributed by atoms with Crippen molar-refractivity contribution >= 4 is 17.5 Å². The smallest absolute Gasteiger partial charge is 0.338 e. The monoisotopic (exact) mass is 408 g/mol. The minimum atomic E-state index is -1.28. The van der Waals surface area contributed by atoms with E-state index in [1.807, 2.05) is 0 Å². The maximum atomic E-state index is 14.2. The highest BCUT2D eigenvalue weighted by Gasteiger charge is 2.25. The van der Waals surface area contributed by atoms with E-state index in [1.54, 1.807) is 36.4 Å². The van der Waals surface area contributed by atoms with Gasteiger partial charge in [0.2, 0.25) is 0 Å². The van der Waals surface area contributed by atoms with Crippen molar-refractivity contribution in [2.75, 3.05) is 23.7 Å². The minimum absolute atomic E-state index is 0.0252. The number of carboxylic acid groups (broad SMARTS) is 1. The Balaban J connectivity index is 1.62. The molecule has 0 unspecified atom stereocenters. The summed E-state index contributed by atoms with van der Waals surface area (Å²) in [7, 11) is 0. The van der Waals surface area contributed by atoms with Gasteiger partial charge in [0.15, 0.2) is 5.82 Å². The molecule has 1 saturated heterocycles. The summed E-state index contributed by atoms with van der Waals surface area (Å²) in [6, 6.07) is 13.0. The topological polar surface area (TPSA) is 113 Å². The van der Waals surface area contributed by atoms with Gasteiger partial charge in [0.1, 0.15) is 11.6 Å². The molecule has 0 amide bonds. The van der Waals surface area contributed by atoms with Crippen LogP contribution in [0.4, 0.5) is 15.9 Å². The maximum absolute atomic E-state index is 14.2. The highest BCUT2D eigenvalue weighted by molar-refractivity contribution is 5.88. The number of para-hydroxylation sites is 1. The van der Waals surface area contributed by atoms with Gasteiger partial charge < -0.3 is 20.8 Å². The second-order valence-corrected chi connectivity index (χ2v) is 7.35. The summed E-state index contributed by atoms with van der Waals surface area (Å²) < 4.78 is 14.2. The minimum Gasteiger partial charge on any atom is -0.507 e. The number of aromatic nitrogens is 2. The van der Waals surface area contributed by atoms with Crippen molar-refractivity contribution < 1.29 is 19.4 Å². The quantitative estimate of drug-likeness (QED) is 0.604. The Labute approximate surface area is 172 Å². The zero-order valence-corrected chi connectivity index (χ0v) is 16.1. The van der Waals surface area contributed by atoms with Crippen molar-refractivity contribution in [3.63, 3.8) is 0 Å². The van der Waals surface area contributed by atoms with Crippen LogP contribution < -0.4 is 10.6 Å². The molecule has 0 spiro atoms. The van der Waals surface area contributed by atoms with Gasteiger partial charge in [-0.15, -0.1) is 10.2 Å². The van der Waals surface area contributed by atoms with E-state index < -0.39 is 11.8 Å². The average Bonchev–Trinajstić information content (AvgIpc) is 2.74. The summed E-state index contributed by atoms with van der Waals surface area (Å²) in [6.45, 7) is 1.34. The van der Waals surface area contributed by atoms with Crippen LogP contribution in [0.15, 0.2) is 48.5 Å². The van der Waals surface area contributed by atoms with Gasteiger partial charge >= 0.3 is 5.97 Å². The number of nitrogens with zero attached hydrogens (tertiary/aromatic N) is 3. The molecule has 30 heavy (non-hydrogen) atoms. The van der Waals surface area contributed by atoms with Crippen molar-refractivity contribution in [1.82, 2.24) is 10.2 Å². The van der Waals surface area contributed by atoms with E-state index >= 15 is 0 Å². The Hall–Kier alpha value is -3.68. The summed E-state index contributed by atoms with van der Waals surface area (Å²) in [5, 5.41) is 27.3. The van der Waals surface area contributed by atoms with Crippen LogP contribution in [-0.2, 0) is 0 Å². The second-order valence-electron chi connectivity index (χ2n) is 7.35. The molecule has 1 aliphatic rings. The van der Waals surface area contributed by atoms with Crippen LogP contribution in [0.25, 0.3) is 11.3 Å². The molecule has 7 nitrogen and oxygen atoms in total. The van der Waals surface area contributed by atoms with Crippen LogP contribution >= 0.6 is 0 Å². The zero-order valence-electron chi connectivity index (χ0n) is 16.1. The lowest BCUT2D eigenvalue weighted by atomic mass is 9.89. The van der Waals surface area contributed by atoms with Gasteiger partial charge in [0.25, 0.3) is 0 Å². The molecule has 1 aliphatic heterocycles. The largest absolute Gasteiger partial charge is 0.507 e. The van der Waals surface area contributed by atoms with E-state index in [9.17, 15) is 14.3 Å². The van der Waals surface area contributed by atoms with E-state index in [0.717, 1.165) is 24.9 Å². The number of hydrogen-bond donors (Lipinski definition) is 3. The molecule has 1 aromatic heterocycles. The molecular weight excluding hydrogens is 387 g/mol. The summed E-state index contributed by atoms with van der Waals surface area (Å²) in [5.74, 6) is -1.60. The molecule has 2 aromatic carbocycles. The highest BCUT2D eigenvalue weighted by atomic mass is 19.1. The summed E-state index contributed by atoms with van der Waals surface area (Å²) >= 11 is 0. The lowest BCUT2D eigenvalue weighted by Gasteiger charge is -2.35. The molecule has 0 bridgehead atoms. The second kappa shape index (κ2) is 7.98. The van der Waals surface area contributed by atoms with E-state index in [4.69, 9.17) is 10.8 Å². The number of nitrogen functional groups attached to an aromatic ring is 1. The van der Waals surface area contributed by atoms with Crippen LogP contribution in [0.5, 0.6) is 5.75 Å². The third kappa shape index (κ3) is 3.76. The number of nitrogens with two attached hydrogens (primary N) is 1. The predicted molar refractivity (Wildman–Crippen MR) is 111 cm³/mol. The molecule has 154 valence electrons. The van der Waals surface area contributed by atoms with E-state index in [-0.39, 0.29) is 23.0 Å². The first-order valence-corrected chi connectivity index (χ1v) is 9.63. The van der Waals surface area contributed by atoms with Gasteiger partial charge in [0, 0.05) is 24.6 Å². The summed E-state index contributed by atoms with van der Waals surface area (Å²) in [6.07, 6.45) is 1.72. The number of phenols is 1. The van der Waals surface area contributed by atoms with Gasteiger partial charge in [0.05, 0.1) is 16.9 Å². The lowest BCUT2D eigenvalue weighted by Crippen LogP contribution is -2.35. The maximum Gasteiger partial charge on any atom is 0.338 e. The number of aromatic hydroxyl groups is 1. The molecule has 4 rings (SSSR count). The molecule has 0 saturated carbocycles. The Kier molecular flexibility index (Phi) is 5.22. The first kappa shape index (κ1) is 19.6. The number of carbonyl (C=O) groups is 1. The highest BCUT2D eigenvalue weighted by Crippen LogP contribution is 2.35. The SMILES string of the molecule is Nc1nnc(-c2ccccc2O)cc1N1CCC[C@H](c2ccc(C(=O)O)c(F)c2)C1. The number of benzene rings is 2. The van der Waals surface area contributed by atoms with Crippen molar-refractivity contribution in [2.24, 2.45) is 0 Å². The van der Waals surface area contributed by atoms with Gasteiger partial charge in [-0.25, -0.2) is 9.18 Å². The Morgan fingerprint density at radius 3 is 2.70 bits per heavy atom. The molecule has 1 fully saturated rings. The zero-order chi connectivity index (χ0) is 21.3. The number of hydrogen-bond acceptors (Lipinski definition) is 6. The molecular formula is C22H21FN4O3. The Bertz CT molecular complexity index is 1110. The molecule has 0 radical (unpaired) electrons. The van der Waals surface area contributed by atoms with Crippen LogP contribution in [0.3, 0.4) is 0 Å². The molecule has 2 heterocycles. The lowest BCUT2D eigenvalue weighted by molar-refractivity contribution is 0.0692. The number of rotatable bonds is 4. The number of anilines is 2. The number of phenolic OH excluding ortho intramolecular Hbond substituents is 1. The standard InChI is InChI=1S/C22H21FN4O3/c23-17-10-13(7-8-15(17)22(29)30)14-4-3-9-27(12-14)19-11-18(25-26-21(19)24)16-5-1-2-6-20(16)28/h1-2,5-8,10-11,14,28H,3-4,9,12H2,(H2,24,26)(H,29,30)/t14-/m0/s1. The third-order valence-corrected chi connectivity index (χ3v) is 5.44. The predicted octanol–water partition coefficient (Wildman–Crippen LogP) is 3.65. The van der Waals surface area contributed by atoms with Crippen molar-refractivity contribution in [3.8, 4) is 17.0 Å². The summed E-state index contributed by atoms with van der Waals surface area (Å²) in [4.78, 5) is 13.1. The molecule has 1 atom stereocenters. The van der Waals surface area contributed by atoms with Gasteiger partial charge in [-0.05, 0) is 48.7 Å². The number of piperidine rings is 1. The van der Waals surface area contributed by atoms with Crippen molar-refractivity contribution in [1.29, 1.82) is 0 Å². The first-order chi connectivity index (χ1) is 14.4. The average molecular weight is 408 g/mol. The Morgan fingerprint density at radius 1 is 1.17 bits per heavy atom. The first-order valence-electron chi connectivity index (χ1n) is 9.63. The molecule has 4 N–H and O–H groups in total. The number of aromatic carboxylic acids is 1. The van der Waals surface area contributed by atoms with Crippen LogP contribution in [0.1, 0.15) is 34.7 Å². The van der Waals surface area contributed by atoms with Crippen LogP contribution in [0, 0.1) is 5.82 Å². The molecule has 8 heteroatoms.